The van der Waals surface area contributed by atoms with Crippen LogP contribution in [0.1, 0.15) is 0 Å². The third kappa shape index (κ3) is 4.47. The molecule has 0 aliphatic heterocycles. The molecule has 186 valence electrons. The van der Waals surface area contributed by atoms with Gasteiger partial charge in [0.2, 0.25) is 0 Å². The van der Waals surface area contributed by atoms with Crippen molar-refractivity contribution in [3.8, 4) is 22.6 Å². The number of anilines is 3. The summed E-state index contributed by atoms with van der Waals surface area (Å²) in [5.74, 6) is -3.01. The molecule has 13 heteroatoms. The van der Waals surface area contributed by atoms with Crippen molar-refractivity contribution in [1.29, 1.82) is 0 Å². The number of nitrogens with one attached hydrogen (secondary N) is 1. The van der Waals surface area contributed by atoms with Crippen molar-refractivity contribution >= 4 is 38.4 Å². The van der Waals surface area contributed by atoms with Gasteiger partial charge in [0.05, 0.1) is 16.9 Å². The molecular weight excluding hydrogens is 507 g/mol. The highest BCUT2D eigenvalue weighted by Crippen LogP contribution is 2.31. The minimum absolute atomic E-state index is 0.0194. The zero-order valence-corrected chi connectivity index (χ0v) is 19.5. The normalized spacial score (nSPS) is 11.5. The smallest absolute Gasteiger partial charge is 0.267 e. The predicted molar refractivity (Wildman–Crippen MR) is 132 cm³/mol. The van der Waals surface area contributed by atoms with E-state index in [2.05, 4.69) is 19.9 Å². The van der Waals surface area contributed by atoms with E-state index in [1.807, 2.05) is 4.72 Å². The first-order valence-electron chi connectivity index (χ1n) is 10.6. The molecule has 0 atom stereocenters. The van der Waals surface area contributed by atoms with E-state index >= 15 is 4.39 Å². The second-order valence-corrected chi connectivity index (χ2v) is 9.41. The lowest BCUT2D eigenvalue weighted by Gasteiger charge is -2.13. The van der Waals surface area contributed by atoms with Crippen molar-refractivity contribution in [3.63, 3.8) is 0 Å². The summed E-state index contributed by atoms with van der Waals surface area (Å²) in [7, 11) is -4.78. The highest BCUT2D eigenvalue weighted by atomic mass is 32.2. The number of halogens is 3. The number of benzene rings is 2. The molecule has 37 heavy (non-hydrogen) atoms. The molecule has 9 nitrogen and oxygen atoms in total. The summed E-state index contributed by atoms with van der Waals surface area (Å²) in [6.45, 7) is 0. The highest BCUT2D eigenvalue weighted by Gasteiger charge is 2.26. The molecule has 0 unspecified atom stereocenters. The van der Waals surface area contributed by atoms with Gasteiger partial charge in [-0.2, -0.15) is 0 Å². The summed E-state index contributed by atoms with van der Waals surface area (Å²) in [4.78, 5) is 15.8. The van der Waals surface area contributed by atoms with Gasteiger partial charge >= 0.3 is 0 Å². The molecule has 3 aromatic heterocycles. The van der Waals surface area contributed by atoms with E-state index in [0.29, 0.717) is 16.9 Å². The predicted octanol–water partition coefficient (Wildman–Crippen LogP) is 4.14. The van der Waals surface area contributed by atoms with Gasteiger partial charge in [0, 0.05) is 17.3 Å². The maximum absolute atomic E-state index is 15.4. The van der Waals surface area contributed by atoms with Gasteiger partial charge in [-0.3, -0.25) is 4.72 Å². The van der Waals surface area contributed by atoms with Crippen molar-refractivity contribution in [3.05, 3.63) is 84.3 Å². The Balaban J connectivity index is 1.53. The van der Waals surface area contributed by atoms with Crippen LogP contribution in [0, 0.1) is 17.5 Å². The maximum Gasteiger partial charge on any atom is 0.267 e. The van der Waals surface area contributed by atoms with Crippen molar-refractivity contribution in [2.45, 2.75) is 4.90 Å². The first kappa shape index (κ1) is 23.9. The lowest BCUT2D eigenvalue weighted by molar-refractivity contribution is 0.521. The molecule has 0 saturated heterocycles. The number of hydrogen-bond acceptors (Lipinski definition) is 8. The Morgan fingerprint density at radius 3 is 2.24 bits per heavy atom. The molecule has 5 N–H and O–H groups in total. The largest absolute Gasteiger partial charge is 0.384 e. The van der Waals surface area contributed by atoms with E-state index in [-0.39, 0.29) is 28.4 Å². The van der Waals surface area contributed by atoms with E-state index in [1.165, 1.54) is 24.4 Å². The molecule has 0 aliphatic carbocycles. The number of fused-ring (bicyclic) bond motifs is 1. The van der Waals surface area contributed by atoms with Gasteiger partial charge in [0.1, 0.15) is 23.0 Å². The van der Waals surface area contributed by atoms with Crippen LogP contribution in [0.25, 0.3) is 33.7 Å². The Bertz CT molecular complexity index is 1760. The van der Waals surface area contributed by atoms with Crippen molar-refractivity contribution in [1.82, 2.24) is 19.9 Å². The molecule has 0 saturated carbocycles. The third-order valence-electron chi connectivity index (χ3n) is 5.32. The van der Waals surface area contributed by atoms with E-state index in [4.69, 9.17) is 11.5 Å². The van der Waals surface area contributed by atoms with Crippen LogP contribution >= 0.6 is 0 Å². The molecule has 0 bridgehead atoms. The van der Waals surface area contributed by atoms with Crippen LogP contribution in [0.5, 0.6) is 0 Å². The van der Waals surface area contributed by atoms with Crippen molar-refractivity contribution in [2.75, 3.05) is 16.2 Å². The number of rotatable bonds is 5. The maximum atomic E-state index is 15.4. The van der Waals surface area contributed by atoms with E-state index < -0.39 is 38.1 Å². The van der Waals surface area contributed by atoms with E-state index in [1.54, 1.807) is 18.2 Å². The number of pyridine rings is 2. The molecule has 0 fully saturated rings. The second kappa shape index (κ2) is 9.02. The van der Waals surface area contributed by atoms with Gasteiger partial charge in [0.25, 0.3) is 10.0 Å². The number of sulfonamides is 1. The lowest BCUT2D eigenvalue weighted by Crippen LogP contribution is -2.17. The molecule has 0 amide bonds. The number of aromatic nitrogens is 4. The molecule has 5 aromatic rings. The molecule has 2 aromatic carbocycles. The van der Waals surface area contributed by atoms with Crippen molar-refractivity contribution < 1.29 is 21.6 Å². The van der Waals surface area contributed by atoms with Gasteiger partial charge in [-0.05, 0) is 48.5 Å². The Kier molecular flexibility index (Phi) is 5.84. The highest BCUT2D eigenvalue weighted by molar-refractivity contribution is 7.92. The number of nitrogen functional groups attached to an aromatic ring is 2. The van der Waals surface area contributed by atoms with Gasteiger partial charge in [-0.1, -0.05) is 12.1 Å². The Hall–Kier alpha value is -4.78. The van der Waals surface area contributed by atoms with Gasteiger partial charge in [-0.25, -0.2) is 41.5 Å². The molecule has 0 spiro atoms. The minimum atomic E-state index is -4.78. The number of hydrogen-bond donors (Lipinski definition) is 3. The first-order chi connectivity index (χ1) is 17.6. The molecule has 0 aliphatic rings. The molecule has 5 rings (SSSR count). The van der Waals surface area contributed by atoms with Crippen LogP contribution in [0.4, 0.5) is 30.5 Å². The average molecular weight is 524 g/mol. The van der Waals surface area contributed by atoms with Crippen LogP contribution in [-0.2, 0) is 10.0 Å². The Morgan fingerprint density at radius 2 is 1.54 bits per heavy atom. The van der Waals surface area contributed by atoms with Crippen molar-refractivity contribution in [2.24, 2.45) is 0 Å². The van der Waals surface area contributed by atoms with Gasteiger partial charge in [0.15, 0.2) is 22.4 Å². The van der Waals surface area contributed by atoms with Crippen LogP contribution in [0.15, 0.2) is 71.8 Å². The monoisotopic (exact) mass is 523 g/mol. The molecule has 3 heterocycles. The minimum Gasteiger partial charge on any atom is -0.384 e. The second-order valence-electron chi connectivity index (χ2n) is 7.79. The quantitative estimate of drug-likeness (QED) is 0.311. The first-order valence-corrected chi connectivity index (χ1v) is 12.0. The van der Waals surface area contributed by atoms with Crippen LogP contribution in [0.3, 0.4) is 0 Å². The van der Waals surface area contributed by atoms with Gasteiger partial charge < -0.3 is 11.5 Å². The topological polar surface area (TPSA) is 150 Å². The van der Waals surface area contributed by atoms with Gasteiger partial charge in [-0.15, -0.1) is 0 Å². The fourth-order valence-electron chi connectivity index (χ4n) is 3.60. The van der Waals surface area contributed by atoms with Crippen LogP contribution in [-0.4, -0.2) is 28.4 Å². The average Bonchev–Trinajstić information content (AvgIpc) is 2.85. The number of nitrogens with two attached hydrogens (primary N) is 2. The fourth-order valence-corrected chi connectivity index (χ4v) is 4.80. The summed E-state index contributed by atoms with van der Waals surface area (Å²) >= 11 is 0. The molecular formula is C24H16F3N7O2S. The zero-order valence-electron chi connectivity index (χ0n) is 18.7. The van der Waals surface area contributed by atoms with E-state index in [9.17, 15) is 17.2 Å². The standard InChI is InChI=1S/C24H16F3N7O2S/c25-14-4-2-5-15(26)22(14)37(35,36)34-17-6-1-3-13(20(17)27)16-8-9-18-21(31-16)23(29)33-24(32-18)12-7-10-19(28)30-11-12/h1-11,34H,(H2,28,30)(H2,29,32,33). The Labute approximate surface area is 208 Å². The summed E-state index contributed by atoms with van der Waals surface area (Å²) < 4.78 is 70.6. The zero-order chi connectivity index (χ0) is 26.3. The summed E-state index contributed by atoms with van der Waals surface area (Å²) in [5, 5.41) is 0. The summed E-state index contributed by atoms with van der Waals surface area (Å²) in [5.41, 5.74) is 12.3. The third-order valence-corrected chi connectivity index (χ3v) is 6.74. The fraction of sp³-hybridized carbons (Fsp3) is 0. The Morgan fingerprint density at radius 1 is 0.811 bits per heavy atom. The lowest BCUT2D eigenvalue weighted by atomic mass is 10.1. The van der Waals surface area contributed by atoms with E-state index in [0.717, 1.165) is 24.3 Å². The summed E-state index contributed by atoms with van der Waals surface area (Å²) in [6.07, 6.45) is 1.49. The van der Waals surface area contributed by atoms with Crippen LogP contribution in [0.2, 0.25) is 0 Å². The SMILES string of the molecule is Nc1ccc(-c2nc(N)c3nc(-c4cccc(NS(=O)(=O)c5c(F)cccc5F)c4F)ccc3n2)cn1. The number of nitrogens with zero attached hydrogens (tertiary/aromatic N) is 4. The summed E-state index contributed by atoms with van der Waals surface area (Å²) in [6, 6.07) is 12.7. The molecule has 0 radical (unpaired) electrons. The van der Waals surface area contributed by atoms with Crippen LogP contribution < -0.4 is 16.2 Å².